The number of benzene rings is 2. The van der Waals surface area contributed by atoms with E-state index < -0.39 is 11.7 Å². The van der Waals surface area contributed by atoms with E-state index in [2.05, 4.69) is 34.3 Å². The second-order valence-corrected chi connectivity index (χ2v) is 13.2. The predicted octanol–water partition coefficient (Wildman–Crippen LogP) is 4.75. The van der Waals surface area contributed by atoms with Crippen LogP contribution >= 0.6 is 0 Å². The van der Waals surface area contributed by atoms with Gasteiger partial charge in [-0.1, -0.05) is 20.8 Å². The molecule has 3 heterocycles. The lowest BCUT2D eigenvalue weighted by atomic mass is 9.60. The molecule has 3 aliphatic rings. The molecule has 0 radical (unpaired) electrons. The van der Waals surface area contributed by atoms with E-state index in [1.807, 2.05) is 31.2 Å². The number of ether oxygens (including phenoxy) is 1. The summed E-state index contributed by atoms with van der Waals surface area (Å²) in [7, 11) is 0. The number of nitrogens with one attached hydrogen (secondary N) is 1. The number of carbonyl (C=O) groups excluding carboxylic acids is 2. The molecule has 10 heteroatoms. The van der Waals surface area contributed by atoms with Crippen LogP contribution in [0.25, 0.3) is 11.3 Å². The van der Waals surface area contributed by atoms with E-state index in [0.717, 1.165) is 42.9 Å². The summed E-state index contributed by atoms with van der Waals surface area (Å²) in [5, 5.41) is 20.8. The van der Waals surface area contributed by atoms with Crippen molar-refractivity contribution in [2.24, 2.45) is 11.3 Å². The second kappa shape index (κ2) is 12.2. The molecule has 6 rings (SSSR count). The van der Waals surface area contributed by atoms with Crippen LogP contribution in [0.5, 0.6) is 11.5 Å². The normalized spacial score (nSPS) is 19.7. The third-order valence-electron chi connectivity index (χ3n) is 9.05. The van der Waals surface area contributed by atoms with Crippen molar-refractivity contribution in [1.29, 1.82) is 0 Å². The number of β-amino-alcohol motifs (C(OH)–C–C–N with tert-alkyl or cyclic N) is 1. The number of carbonyl (C=O) groups is 2. The number of aliphatic hydroxyl groups is 1. The van der Waals surface area contributed by atoms with Gasteiger partial charge < -0.3 is 20.1 Å². The van der Waals surface area contributed by atoms with Crippen LogP contribution in [0.4, 0.5) is 4.39 Å². The standard InChI is InChI=1S/C34H40FN5O4/c1-21(2)29-8-9-30(38-37-29)23-4-6-26(7-5-23)44-31-14-27(28(35)13-24(31)18-40-17-22(3)12-32(40)42)33(43)36-25-15-34(16-25)19-39(20-34)10-11-41/h4-9,13-14,21-22,25,41H,10-12,15-20H2,1-3H3,(H,36,43)/t22-/m0/s1. The van der Waals surface area contributed by atoms with E-state index in [4.69, 9.17) is 9.84 Å². The Hall–Kier alpha value is -3.89. The predicted molar refractivity (Wildman–Crippen MR) is 164 cm³/mol. The first-order chi connectivity index (χ1) is 21.1. The van der Waals surface area contributed by atoms with Gasteiger partial charge in [-0.2, -0.15) is 10.2 Å². The van der Waals surface area contributed by atoms with Crippen LogP contribution in [0.1, 0.15) is 67.6 Å². The lowest BCUT2D eigenvalue weighted by molar-refractivity contribution is -0.128. The van der Waals surface area contributed by atoms with Gasteiger partial charge in [0.1, 0.15) is 17.3 Å². The first kappa shape index (κ1) is 30.1. The summed E-state index contributed by atoms with van der Waals surface area (Å²) in [6.45, 7) is 9.60. The number of likely N-dealkylation sites (tertiary alicyclic amines) is 2. The molecule has 1 aliphatic carbocycles. The summed E-state index contributed by atoms with van der Waals surface area (Å²) < 4.78 is 21.7. The summed E-state index contributed by atoms with van der Waals surface area (Å²) in [6.07, 6.45) is 2.15. The van der Waals surface area contributed by atoms with Gasteiger partial charge in [-0.3, -0.25) is 14.5 Å². The van der Waals surface area contributed by atoms with Crippen LogP contribution in [-0.4, -0.2) is 75.7 Å². The number of rotatable bonds is 10. The van der Waals surface area contributed by atoms with Crippen molar-refractivity contribution in [3.63, 3.8) is 0 Å². The van der Waals surface area contributed by atoms with Crippen molar-refractivity contribution in [1.82, 2.24) is 25.3 Å². The number of hydrogen-bond donors (Lipinski definition) is 2. The van der Waals surface area contributed by atoms with Gasteiger partial charge in [-0.05, 0) is 78.6 Å². The number of aromatic nitrogens is 2. The molecule has 3 aromatic rings. The Balaban J connectivity index is 1.19. The minimum Gasteiger partial charge on any atom is -0.457 e. The maximum atomic E-state index is 15.5. The van der Waals surface area contributed by atoms with Crippen LogP contribution in [0.2, 0.25) is 0 Å². The number of hydrogen-bond acceptors (Lipinski definition) is 7. The van der Waals surface area contributed by atoms with Crippen LogP contribution in [0, 0.1) is 17.2 Å². The molecule has 1 atom stereocenters. The molecular formula is C34H40FN5O4. The molecular weight excluding hydrogens is 561 g/mol. The summed E-state index contributed by atoms with van der Waals surface area (Å²) in [5.41, 5.74) is 3.15. The van der Waals surface area contributed by atoms with E-state index >= 15 is 4.39 Å². The Morgan fingerprint density at radius 3 is 2.50 bits per heavy atom. The molecule has 0 unspecified atom stereocenters. The van der Waals surface area contributed by atoms with Gasteiger partial charge in [0.05, 0.1) is 23.6 Å². The Kier molecular flexibility index (Phi) is 8.39. The Labute approximate surface area is 257 Å². The van der Waals surface area contributed by atoms with Crippen LogP contribution in [-0.2, 0) is 11.3 Å². The van der Waals surface area contributed by atoms with E-state index in [1.165, 1.54) is 12.1 Å². The highest BCUT2D eigenvalue weighted by atomic mass is 19.1. The van der Waals surface area contributed by atoms with Gasteiger partial charge in [-0.25, -0.2) is 4.39 Å². The highest BCUT2D eigenvalue weighted by Crippen LogP contribution is 2.48. The summed E-state index contributed by atoms with van der Waals surface area (Å²) in [5.74, 6) is 0.265. The molecule has 3 fully saturated rings. The van der Waals surface area contributed by atoms with Gasteiger partial charge in [0.15, 0.2) is 0 Å². The second-order valence-electron chi connectivity index (χ2n) is 13.2. The zero-order chi connectivity index (χ0) is 31.0. The number of aliphatic hydroxyl groups excluding tert-OH is 1. The van der Waals surface area contributed by atoms with Gasteiger partial charge in [0, 0.05) is 56.3 Å². The Bertz CT molecular complexity index is 1510. The van der Waals surface area contributed by atoms with Crippen LogP contribution in [0.15, 0.2) is 48.5 Å². The zero-order valence-corrected chi connectivity index (χ0v) is 25.6. The number of halogens is 1. The van der Waals surface area contributed by atoms with Crippen molar-refractivity contribution in [3.8, 4) is 22.8 Å². The molecule has 1 spiro atoms. The Morgan fingerprint density at radius 1 is 1.14 bits per heavy atom. The lowest BCUT2D eigenvalue weighted by Gasteiger charge is -2.59. The quantitative estimate of drug-likeness (QED) is 0.345. The first-order valence-corrected chi connectivity index (χ1v) is 15.5. The van der Waals surface area contributed by atoms with Gasteiger partial charge >= 0.3 is 0 Å². The molecule has 1 saturated carbocycles. The van der Waals surface area contributed by atoms with Crippen molar-refractivity contribution in [2.75, 3.05) is 32.8 Å². The third-order valence-corrected chi connectivity index (χ3v) is 9.05. The van der Waals surface area contributed by atoms with Gasteiger partial charge in [-0.15, -0.1) is 0 Å². The maximum Gasteiger partial charge on any atom is 0.254 e. The molecule has 2 saturated heterocycles. The largest absolute Gasteiger partial charge is 0.457 e. The molecule has 2 aliphatic heterocycles. The van der Waals surface area contributed by atoms with Crippen molar-refractivity contribution in [2.45, 2.75) is 58.5 Å². The Morgan fingerprint density at radius 2 is 1.89 bits per heavy atom. The van der Waals surface area contributed by atoms with E-state index in [0.29, 0.717) is 42.5 Å². The minimum atomic E-state index is -0.643. The average molecular weight is 602 g/mol. The fraction of sp³-hybridized carbons (Fsp3) is 0.471. The van der Waals surface area contributed by atoms with Gasteiger partial charge in [0.25, 0.3) is 5.91 Å². The molecule has 232 valence electrons. The third kappa shape index (κ3) is 6.32. The molecule has 1 aromatic heterocycles. The lowest BCUT2D eigenvalue weighted by Crippen LogP contribution is -2.66. The van der Waals surface area contributed by atoms with E-state index in [1.54, 1.807) is 17.0 Å². The topological polar surface area (TPSA) is 108 Å². The molecule has 2 N–H and O–H groups in total. The van der Waals surface area contributed by atoms with E-state index in [-0.39, 0.29) is 42.0 Å². The zero-order valence-electron chi connectivity index (χ0n) is 25.6. The molecule has 2 amide bonds. The number of amides is 2. The molecule has 2 aromatic carbocycles. The SMILES string of the molecule is CC(C)c1ccc(-c2ccc(Oc3cc(C(=O)NC4CC5(C4)CN(CCO)C5)c(F)cc3CN3C[C@@H](C)CC3=O)cc2)nn1. The minimum absolute atomic E-state index is 0.0174. The highest BCUT2D eigenvalue weighted by molar-refractivity contribution is 5.95. The van der Waals surface area contributed by atoms with Crippen molar-refractivity contribution in [3.05, 3.63) is 71.2 Å². The average Bonchev–Trinajstić information content (AvgIpc) is 3.28. The number of nitrogens with zero attached hydrogens (tertiary/aromatic N) is 4. The van der Waals surface area contributed by atoms with Crippen molar-refractivity contribution < 1.29 is 23.8 Å². The molecule has 0 bridgehead atoms. The summed E-state index contributed by atoms with van der Waals surface area (Å²) >= 11 is 0. The van der Waals surface area contributed by atoms with Gasteiger partial charge in [0.2, 0.25) is 5.91 Å². The smallest absolute Gasteiger partial charge is 0.254 e. The fourth-order valence-corrected chi connectivity index (χ4v) is 6.75. The monoisotopic (exact) mass is 601 g/mol. The fourth-order valence-electron chi connectivity index (χ4n) is 6.75. The highest BCUT2D eigenvalue weighted by Gasteiger charge is 2.52. The summed E-state index contributed by atoms with van der Waals surface area (Å²) in [4.78, 5) is 29.7. The van der Waals surface area contributed by atoms with E-state index in [9.17, 15) is 9.59 Å². The summed E-state index contributed by atoms with van der Waals surface area (Å²) in [6, 6.07) is 14.0. The first-order valence-electron chi connectivity index (χ1n) is 15.5. The maximum absolute atomic E-state index is 15.5. The van der Waals surface area contributed by atoms with Crippen LogP contribution in [0.3, 0.4) is 0 Å². The molecule has 9 nitrogen and oxygen atoms in total. The van der Waals surface area contributed by atoms with Crippen molar-refractivity contribution >= 4 is 11.8 Å². The van der Waals surface area contributed by atoms with Crippen LogP contribution < -0.4 is 10.1 Å². The molecule has 44 heavy (non-hydrogen) atoms.